The van der Waals surface area contributed by atoms with Crippen LogP contribution in [0, 0.1) is 0 Å². The van der Waals surface area contributed by atoms with Gasteiger partial charge in [0.1, 0.15) is 5.15 Å². The molecule has 0 bridgehead atoms. The summed E-state index contributed by atoms with van der Waals surface area (Å²) in [5, 5.41) is 0.426. The third kappa shape index (κ3) is 2.58. The predicted molar refractivity (Wildman–Crippen MR) is 66.5 cm³/mol. The van der Waals surface area contributed by atoms with Crippen molar-refractivity contribution in [3.8, 4) is 11.3 Å². The topological polar surface area (TPSA) is 25.8 Å². The highest BCUT2D eigenvalue weighted by molar-refractivity contribution is 6.29. The van der Waals surface area contributed by atoms with Gasteiger partial charge in [-0.2, -0.15) is 0 Å². The van der Waals surface area contributed by atoms with Crippen LogP contribution in [0.15, 0.2) is 36.7 Å². The minimum Gasteiger partial charge on any atom is -0.259 e. The van der Waals surface area contributed by atoms with Gasteiger partial charge in [-0.1, -0.05) is 49.2 Å². The van der Waals surface area contributed by atoms with Gasteiger partial charge in [-0.15, -0.1) is 0 Å². The lowest BCUT2D eigenvalue weighted by molar-refractivity contribution is 0.922. The van der Waals surface area contributed by atoms with E-state index in [0.717, 1.165) is 24.1 Å². The van der Waals surface area contributed by atoms with Crippen molar-refractivity contribution in [2.24, 2.45) is 0 Å². The molecule has 2 nitrogen and oxygen atoms in total. The number of halogens is 1. The van der Waals surface area contributed by atoms with Crippen molar-refractivity contribution >= 4 is 11.6 Å². The highest BCUT2D eigenvalue weighted by Crippen LogP contribution is 2.18. The third-order valence-corrected chi connectivity index (χ3v) is 2.58. The maximum atomic E-state index is 5.80. The molecule has 1 aromatic carbocycles. The van der Waals surface area contributed by atoms with Gasteiger partial charge in [0.2, 0.25) is 0 Å². The summed E-state index contributed by atoms with van der Waals surface area (Å²) in [5.41, 5.74) is 3.21. The highest BCUT2D eigenvalue weighted by Gasteiger charge is 2.00. The normalized spacial score (nSPS) is 10.4. The maximum Gasteiger partial charge on any atom is 0.148 e. The standard InChI is InChI=1S/C13H13ClN2/c1-2-3-10-4-6-11(7-5-10)12-8-15-9-13(14)16-12/h4-9H,2-3H2,1H3. The zero-order chi connectivity index (χ0) is 11.4. The number of benzene rings is 1. The van der Waals surface area contributed by atoms with Crippen LogP contribution in [0.3, 0.4) is 0 Å². The molecule has 0 N–H and O–H groups in total. The molecule has 82 valence electrons. The molecule has 0 atom stereocenters. The predicted octanol–water partition coefficient (Wildman–Crippen LogP) is 3.75. The first-order valence-electron chi connectivity index (χ1n) is 5.36. The fraction of sp³-hybridized carbons (Fsp3) is 0.231. The lowest BCUT2D eigenvalue weighted by Gasteiger charge is -2.02. The minimum absolute atomic E-state index is 0.426. The van der Waals surface area contributed by atoms with Crippen molar-refractivity contribution in [3.63, 3.8) is 0 Å². The van der Waals surface area contributed by atoms with Crippen LogP contribution in [0.1, 0.15) is 18.9 Å². The molecule has 0 unspecified atom stereocenters. The molecule has 1 heterocycles. The Bertz CT molecular complexity index is 466. The quantitative estimate of drug-likeness (QED) is 0.806. The van der Waals surface area contributed by atoms with Gasteiger partial charge in [-0.25, -0.2) is 4.98 Å². The molecule has 2 rings (SSSR count). The molecule has 3 heteroatoms. The molecule has 0 aliphatic rings. The summed E-state index contributed by atoms with van der Waals surface area (Å²) in [4.78, 5) is 8.25. The Kier molecular flexibility index (Phi) is 3.52. The van der Waals surface area contributed by atoms with Gasteiger partial charge in [-0.05, 0) is 12.0 Å². The minimum atomic E-state index is 0.426. The van der Waals surface area contributed by atoms with Crippen LogP contribution >= 0.6 is 11.6 Å². The van der Waals surface area contributed by atoms with Crippen molar-refractivity contribution in [1.29, 1.82) is 0 Å². The smallest absolute Gasteiger partial charge is 0.148 e. The largest absolute Gasteiger partial charge is 0.259 e. The van der Waals surface area contributed by atoms with Crippen LogP contribution in [-0.2, 0) is 6.42 Å². The van der Waals surface area contributed by atoms with Gasteiger partial charge in [0.15, 0.2) is 0 Å². The Morgan fingerprint density at radius 1 is 1.12 bits per heavy atom. The number of rotatable bonds is 3. The van der Waals surface area contributed by atoms with E-state index in [4.69, 9.17) is 11.6 Å². The van der Waals surface area contributed by atoms with E-state index in [0.29, 0.717) is 5.15 Å². The first-order valence-corrected chi connectivity index (χ1v) is 5.74. The molecule has 16 heavy (non-hydrogen) atoms. The van der Waals surface area contributed by atoms with Crippen molar-refractivity contribution in [1.82, 2.24) is 9.97 Å². The van der Waals surface area contributed by atoms with Gasteiger partial charge >= 0.3 is 0 Å². The number of aromatic nitrogens is 2. The summed E-state index contributed by atoms with van der Waals surface area (Å²) in [6.07, 6.45) is 5.54. The second kappa shape index (κ2) is 5.08. The second-order valence-electron chi connectivity index (χ2n) is 3.67. The van der Waals surface area contributed by atoms with Gasteiger partial charge in [0.05, 0.1) is 18.1 Å². The first-order chi connectivity index (χ1) is 7.79. The summed E-state index contributed by atoms with van der Waals surface area (Å²) >= 11 is 5.80. The summed E-state index contributed by atoms with van der Waals surface area (Å²) < 4.78 is 0. The second-order valence-corrected chi connectivity index (χ2v) is 4.06. The van der Waals surface area contributed by atoms with E-state index in [1.807, 2.05) is 0 Å². The number of hydrogen-bond donors (Lipinski definition) is 0. The molecular formula is C13H13ClN2. The van der Waals surface area contributed by atoms with E-state index in [9.17, 15) is 0 Å². The average molecular weight is 233 g/mol. The fourth-order valence-electron chi connectivity index (χ4n) is 1.61. The zero-order valence-corrected chi connectivity index (χ0v) is 9.91. The number of aryl methyl sites for hydroxylation is 1. The van der Waals surface area contributed by atoms with E-state index >= 15 is 0 Å². The molecule has 0 aliphatic heterocycles. The Hall–Kier alpha value is -1.41. The molecular weight excluding hydrogens is 220 g/mol. The molecule has 0 fully saturated rings. The molecule has 2 aromatic rings. The maximum absolute atomic E-state index is 5.80. The lowest BCUT2D eigenvalue weighted by Crippen LogP contribution is -1.87. The Labute approximate surface area is 100 Å². The molecule has 1 aromatic heterocycles. The lowest BCUT2D eigenvalue weighted by atomic mass is 10.1. The number of hydrogen-bond acceptors (Lipinski definition) is 2. The fourth-order valence-corrected chi connectivity index (χ4v) is 1.76. The van der Waals surface area contributed by atoms with Crippen molar-refractivity contribution in [3.05, 3.63) is 47.4 Å². The molecule has 0 saturated carbocycles. The van der Waals surface area contributed by atoms with Crippen LogP contribution in [-0.4, -0.2) is 9.97 Å². The van der Waals surface area contributed by atoms with Gasteiger partial charge in [0, 0.05) is 5.56 Å². The zero-order valence-electron chi connectivity index (χ0n) is 9.15. The van der Waals surface area contributed by atoms with Crippen molar-refractivity contribution < 1.29 is 0 Å². The van der Waals surface area contributed by atoms with Crippen molar-refractivity contribution in [2.45, 2.75) is 19.8 Å². The highest BCUT2D eigenvalue weighted by atomic mass is 35.5. The third-order valence-electron chi connectivity index (χ3n) is 2.39. The van der Waals surface area contributed by atoms with Gasteiger partial charge < -0.3 is 0 Å². The van der Waals surface area contributed by atoms with Crippen LogP contribution < -0.4 is 0 Å². The molecule has 0 amide bonds. The summed E-state index contributed by atoms with van der Waals surface area (Å²) in [6.45, 7) is 2.18. The number of nitrogens with zero attached hydrogens (tertiary/aromatic N) is 2. The summed E-state index contributed by atoms with van der Waals surface area (Å²) in [7, 11) is 0. The molecule has 0 radical (unpaired) electrons. The SMILES string of the molecule is CCCc1ccc(-c2cncc(Cl)n2)cc1. The molecule has 0 saturated heterocycles. The monoisotopic (exact) mass is 232 g/mol. The van der Waals surface area contributed by atoms with E-state index < -0.39 is 0 Å². The molecule has 0 spiro atoms. The first kappa shape index (κ1) is 11.1. The summed E-state index contributed by atoms with van der Waals surface area (Å²) in [5.74, 6) is 0. The van der Waals surface area contributed by atoms with Gasteiger partial charge in [-0.3, -0.25) is 4.98 Å². The summed E-state index contributed by atoms with van der Waals surface area (Å²) in [6, 6.07) is 8.37. The van der Waals surface area contributed by atoms with Crippen LogP contribution in [0.25, 0.3) is 11.3 Å². The Balaban J connectivity index is 2.27. The van der Waals surface area contributed by atoms with Crippen LogP contribution in [0.4, 0.5) is 0 Å². The van der Waals surface area contributed by atoms with E-state index in [1.54, 1.807) is 6.20 Å². The van der Waals surface area contributed by atoms with Crippen LogP contribution in [0.5, 0.6) is 0 Å². The molecule has 0 aliphatic carbocycles. The van der Waals surface area contributed by atoms with E-state index in [-0.39, 0.29) is 0 Å². The van der Waals surface area contributed by atoms with E-state index in [1.165, 1.54) is 11.8 Å². The Morgan fingerprint density at radius 3 is 2.50 bits per heavy atom. The van der Waals surface area contributed by atoms with Gasteiger partial charge in [0.25, 0.3) is 0 Å². The van der Waals surface area contributed by atoms with Crippen LogP contribution in [0.2, 0.25) is 5.15 Å². The van der Waals surface area contributed by atoms with Crippen molar-refractivity contribution in [2.75, 3.05) is 0 Å². The Morgan fingerprint density at radius 2 is 1.88 bits per heavy atom. The van der Waals surface area contributed by atoms with E-state index in [2.05, 4.69) is 41.2 Å². The average Bonchev–Trinajstić information content (AvgIpc) is 2.30.